The summed E-state index contributed by atoms with van der Waals surface area (Å²) in [5, 5.41) is 3.95. The first-order valence-corrected chi connectivity index (χ1v) is 6.14. The summed E-state index contributed by atoms with van der Waals surface area (Å²) in [6.07, 6.45) is 1.00. The van der Waals surface area contributed by atoms with Gasteiger partial charge in [-0.25, -0.2) is 0 Å². The quantitative estimate of drug-likeness (QED) is 0.881. The Bertz CT molecular complexity index is 503. The predicted molar refractivity (Wildman–Crippen MR) is 70.4 cm³/mol. The lowest BCUT2D eigenvalue weighted by Gasteiger charge is -2.04. The van der Waals surface area contributed by atoms with Gasteiger partial charge in [0.2, 0.25) is 0 Å². The molecule has 0 radical (unpaired) electrons. The molecular weight excluding hydrogens is 228 g/mol. The Morgan fingerprint density at radius 1 is 1.28 bits per heavy atom. The zero-order chi connectivity index (χ0) is 13.0. The zero-order valence-corrected chi connectivity index (χ0v) is 10.8. The second-order valence-corrected chi connectivity index (χ2v) is 4.16. The van der Waals surface area contributed by atoms with Crippen molar-refractivity contribution >= 4 is 0 Å². The van der Waals surface area contributed by atoms with Gasteiger partial charge in [0, 0.05) is 17.7 Å². The van der Waals surface area contributed by atoms with E-state index in [0.29, 0.717) is 6.54 Å². The zero-order valence-electron chi connectivity index (χ0n) is 10.8. The molecule has 18 heavy (non-hydrogen) atoms. The molecule has 4 heteroatoms. The van der Waals surface area contributed by atoms with Crippen molar-refractivity contribution < 1.29 is 9.26 Å². The molecule has 0 bridgehead atoms. The van der Waals surface area contributed by atoms with Gasteiger partial charge in [0.15, 0.2) is 5.76 Å². The van der Waals surface area contributed by atoms with E-state index >= 15 is 0 Å². The maximum Gasteiger partial charge on any atom is 0.170 e. The van der Waals surface area contributed by atoms with E-state index in [1.54, 1.807) is 0 Å². The number of rotatable bonds is 5. The molecule has 1 aromatic heterocycles. The van der Waals surface area contributed by atoms with Gasteiger partial charge < -0.3 is 15.0 Å². The number of nitrogens with zero attached hydrogens (tertiary/aromatic N) is 1. The molecule has 0 spiro atoms. The number of nitrogens with two attached hydrogens (primary N) is 1. The number of ether oxygens (including phenoxy) is 1. The fraction of sp³-hybridized carbons (Fsp3) is 0.357. The fourth-order valence-electron chi connectivity index (χ4n) is 1.75. The molecule has 2 rings (SSSR count). The van der Waals surface area contributed by atoms with Crippen LogP contribution in [0.4, 0.5) is 0 Å². The van der Waals surface area contributed by atoms with Gasteiger partial charge in [-0.3, -0.25) is 0 Å². The summed E-state index contributed by atoms with van der Waals surface area (Å²) in [5.74, 6) is 1.65. The Hall–Kier alpha value is -1.81. The van der Waals surface area contributed by atoms with Gasteiger partial charge in [-0.05, 0) is 37.6 Å². The Morgan fingerprint density at radius 2 is 2.00 bits per heavy atom. The van der Waals surface area contributed by atoms with Crippen LogP contribution < -0.4 is 10.5 Å². The third-order valence-corrected chi connectivity index (χ3v) is 2.80. The first kappa shape index (κ1) is 12.6. The summed E-state index contributed by atoms with van der Waals surface area (Å²) in [4.78, 5) is 0. The molecule has 4 nitrogen and oxygen atoms in total. The third-order valence-electron chi connectivity index (χ3n) is 2.80. The molecule has 1 aromatic carbocycles. The standard InChI is InChI=1S/C14H18N2O2/c1-3-8-17-12-6-4-11(5-7-12)14-10(2)13(9-15)16-18-14/h4-7H,3,8-9,15H2,1-2H3. The SMILES string of the molecule is CCCOc1ccc(-c2onc(CN)c2C)cc1. The van der Waals surface area contributed by atoms with E-state index in [9.17, 15) is 0 Å². The van der Waals surface area contributed by atoms with Crippen LogP contribution in [-0.4, -0.2) is 11.8 Å². The van der Waals surface area contributed by atoms with Crippen LogP contribution in [0.5, 0.6) is 5.75 Å². The molecular formula is C14H18N2O2. The number of aromatic nitrogens is 1. The summed E-state index contributed by atoms with van der Waals surface area (Å²) in [7, 11) is 0. The normalized spacial score (nSPS) is 10.6. The highest BCUT2D eigenvalue weighted by atomic mass is 16.5. The Labute approximate surface area is 107 Å². The van der Waals surface area contributed by atoms with Crippen LogP contribution in [0.25, 0.3) is 11.3 Å². The van der Waals surface area contributed by atoms with Crippen LogP contribution in [0.15, 0.2) is 28.8 Å². The van der Waals surface area contributed by atoms with Crippen LogP contribution in [-0.2, 0) is 6.54 Å². The summed E-state index contributed by atoms with van der Waals surface area (Å²) >= 11 is 0. The molecule has 1 heterocycles. The van der Waals surface area contributed by atoms with Gasteiger partial charge in [0.1, 0.15) is 11.4 Å². The molecule has 96 valence electrons. The van der Waals surface area contributed by atoms with Crippen molar-refractivity contribution in [1.82, 2.24) is 5.16 Å². The van der Waals surface area contributed by atoms with E-state index in [4.69, 9.17) is 15.0 Å². The lowest BCUT2D eigenvalue weighted by Crippen LogP contribution is -1.98. The minimum atomic E-state index is 0.396. The van der Waals surface area contributed by atoms with Gasteiger partial charge in [0.05, 0.1) is 6.61 Å². The van der Waals surface area contributed by atoms with Crippen LogP contribution in [0.1, 0.15) is 24.6 Å². The molecule has 0 aliphatic heterocycles. The van der Waals surface area contributed by atoms with Gasteiger partial charge >= 0.3 is 0 Å². The average Bonchev–Trinajstić information content (AvgIpc) is 2.78. The molecule has 0 fully saturated rings. The van der Waals surface area contributed by atoms with Crippen molar-refractivity contribution in [3.8, 4) is 17.1 Å². The lowest BCUT2D eigenvalue weighted by molar-refractivity contribution is 0.317. The predicted octanol–water partition coefficient (Wildman–Crippen LogP) is 2.90. The van der Waals surface area contributed by atoms with E-state index in [1.807, 2.05) is 31.2 Å². The van der Waals surface area contributed by atoms with E-state index in [2.05, 4.69) is 12.1 Å². The van der Waals surface area contributed by atoms with Gasteiger partial charge in [0.25, 0.3) is 0 Å². The summed E-state index contributed by atoms with van der Waals surface area (Å²) in [6.45, 7) is 5.18. The maximum atomic E-state index is 5.58. The van der Waals surface area contributed by atoms with Gasteiger partial charge in [-0.15, -0.1) is 0 Å². The highest BCUT2D eigenvalue weighted by Gasteiger charge is 2.12. The second kappa shape index (κ2) is 5.69. The minimum Gasteiger partial charge on any atom is -0.494 e. The molecule has 0 atom stereocenters. The van der Waals surface area contributed by atoms with E-state index < -0.39 is 0 Å². The highest BCUT2D eigenvalue weighted by molar-refractivity contribution is 5.62. The topological polar surface area (TPSA) is 61.3 Å². The fourth-order valence-corrected chi connectivity index (χ4v) is 1.75. The van der Waals surface area contributed by atoms with E-state index in [0.717, 1.165) is 41.4 Å². The molecule has 0 saturated carbocycles. The molecule has 2 aromatic rings. The van der Waals surface area contributed by atoms with Crippen LogP contribution >= 0.6 is 0 Å². The first-order valence-electron chi connectivity index (χ1n) is 6.14. The summed E-state index contributed by atoms with van der Waals surface area (Å²) in [5.41, 5.74) is 8.37. The van der Waals surface area contributed by atoms with Crippen molar-refractivity contribution in [2.45, 2.75) is 26.8 Å². The maximum absolute atomic E-state index is 5.58. The average molecular weight is 246 g/mol. The van der Waals surface area contributed by atoms with E-state index in [1.165, 1.54) is 0 Å². The summed E-state index contributed by atoms with van der Waals surface area (Å²) in [6, 6.07) is 7.82. The van der Waals surface area contributed by atoms with Crippen LogP contribution in [0, 0.1) is 6.92 Å². The minimum absolute atomic E-state index is 0.396. The van der Waals surface area contributed by atoms with Crippen molar-refractivity contribution in [3.05, 3.63) is 35.5 Å². The molecule has 0 aliphatic carbocycles. The van der Waals surface area contributed by atoms with Crippen molar-refractivity contribution in [2.75, 3.05) is 6.61 Å². The first-order chi connectivity index (χ1) is 8.76. The third kappa shape index (κ3) is 2.54. The molecule has 2 N–H and O–H groups in total. The monoisotopic (exact) mass is 246 g/mol. The molecule has 0 aliphatic rings. The number of benzene rings is 1. The largest absolute Gasteiger partial charge is 0.494 e. The van der Waals surface area contributed by atoms with Gasteiger partial charge in [-0.1, -0.05) is 12.1 Å². The molecule has 0 amide bonds. The Balaban J connectivity index is 2.20. The Morgan fingerprint density at radius 3 is 2.56 bits per heavy atom. The highest BCUT2D eigenvalue weighted by Crippen LogP contribution is 2.27. The second-order valence-electron chi connectivity index (χ2n) is 4.16. The van der Waals surface area contributed by atoms with Crippen LogP contribution in [0.3, 0.4) is 0 Å². The number of hydrogen-bond acceptors (Lipinski definition) is 4. The smallest absolute Gasteiger partial charge is 0.170 e. The Kier molecular flexibility index (Phi) is 3.99. The van der Waals surface area contributed by atoms with E-state index in [-0.39, 0.29) is 0 Å². The lowest BCUT2D eigenvalue weighted by atomic mass is 10.1. The van der Waals surface area contributed by atoms with Crippen molar-refractivity contribution in [3.63, 3.8) is 0 Å². The summed E-state index contributed by atoms with van der Waals surface area (Å²) < 4.78 is 10.9. The number of hydrogen-bond donors (Lipinski definition) is 1. The van der Waals surface area contributed by atoms with Crippen LogP contribution in [0.2, 0.25) is 0 Å². The molecule has 0 unspecified atom stereocenters. The molecule has 0 saturated heterocycles. The van der Waals surface area contributed by atoms with Crippen molar-refractivity contribution in [1.29, 1.82) is 0 Å². The van der Waals surface area contributed by atoms with Gasteiger partial charge in [-0.2, -0.15) is 0 Å². The van der Waals surface area contributed by atoms with Crippen molar-refractivity contribution in [2.24, 2.45) is 5.73 Å².